The van der Waals surface area contributed by atoms with E-state index >= 15 is 0 Å². The van der Waals surface area contributed by atoms with Crippen molar-refractivity contribution in [1.29, 1.82) is 0 Å². The first-order valence-corrected chi connectivity index (χ1v) is 7.76. The second-order valence-corrected chi connectivity index (χ2v) is 7.62. The van der Waals surface area contributed by atoms with Crippen LogP contribution in [0.5, 0.6) is 0 Å². The number of likely N-dealkylation sites (tertiary alicyclic amines) is 1. The summed E-state index contributed by atoms with van der Waals surface area (Å²) < 4.78 is 0. The molecule has 0 saturated carbocycles. The SMILES string of the molecule is CC(C)(O)c1cccc(C2CCN(C(C)(C)C)CC2)c1. The molecule has 0 aliphatic carbocycles. The standard InChI is InChI=1S/C18H29NO/c1-17(2,3)19-11-9-14(10-12-19)15-7-6-8-16(13-15)18(4,5)20/h6-8,13-14,20H,9-12H2,1-5H3. The van der Waals surface area contributed by atoms with Crippen LogP contribution < -0.4 is 0 Å². The lowest BCUT2D eigenvalue weighted by Crippen LogP contribution is -2.45. The van der Waals surface area contributed by atoms with Gasteiger partial charge in [-0.2, -0.15) is 0 Å². The number of piperidine rings is 1. The first-order chi connectivity index (χ1) is 9.18. The Balaban J connectivity index is 2.08. The smallest absolute Gasteiger partial charge is 0.0840 e. The fourth-order valence-corrected chi connectivity index (χ4v) is 3.06. The van der Waals surface area contributed by atoms with Gasteiger partial charge in [0, 0.05) is 5.54 Å². The van der Waals surface area contributed by atoms with Crippen LogP contribution in [0.15, 0.2) is 24.3 Å². The van der Waals surface area contributed by atoms with Crippen molar-refractivity contribution in [1.82, 2.24) is 4.90 Å². The summed E-state index contributed by atoms with van der Waals surface area (Å²) in [7, 11) is 0. The van der Waals surface area contributed by atoms with Crippen molar-refractivity contribution in [2.75, 3.05) is 13.1 Å². The lowest BCUT2D eigenvalue weighted by molar-refractivity contribution is 0.0783. The van der Waals surface area contributed by atoms with Crippen LogP contribution in [-0.4, -0.2) is 28.6 Å². The second kappa shape index (κ2) is 5.50. The molecule has 1 fully saturated rings. The number of hydrogen-bond acceptors (Lipinski definition) is 2. The van der Waals surface area contributed by atoms with E-state index in [9.17, 15) is 5.11 Å². The van der Waals surface area contributed by atoms with E-state index in [1.165, 1.54) is 31.5 Å². The molecule has 0 aromatic heterocycles. The first kappa shape index (κ1) is 15.5. The van der Waals surface area contributed by atoms with Crippen molar-refractivity contribution < 1.29 is 5.11 Å². The van der Waals surface area contributed by atoms with Crippen LogP contribution in [-0.2, 0) is 5.60 Å². The van der Waals surface area contributed by atoms with Gasteiger partial charge in [0.25, 0.3) is 0 Å². The third-order valence-corrected chi connectivity index (χ3v) is 4.51. The molecule has 0 atom stereocenters. The van der Waals surface area contributed by atoms with E-state index < -0.39 is 5.60 Å². The number of nitrogens with zero attached hydrogens (tertiary/aromatic N) is 1. The number of benzene rings is 1. The number of hydrogen-bond donors (Lipinski definition) is 1. The molecule has 1 heterocycles. The predicted molar refractivity (Wildman–Crippen MR) is 85.0 cm³/mol. The van der Waals surface area contributed by atoms with Crippen LogP contribution in [0.1, 0.15) is 64.5 Å². The molecule has 1 N–H and O–H groups in total. The Morgan fingerprint density at radius 1 is 1.05 bits per heavy atom. The number of rotatable bonds is 2. The third-order valence-electron chi connectivity index (χ3n) is 4.51. The van der Waals surface area contributed by atoms with E-state index in [-0.39, 0.29) is 5.54 Å². The molecule has 0 bridgehead atoms. The molecule has 0 unspecified atom stereocenters. The van der Waals surface area contributed by atoms with E-state index in [0.717, 1.165) is 5.56 Å². The molecular formula is C18H29NO. The van der Waals surface area contributed by atoms with Gasteiger partial charge in [0.15, 0.2) is 0 Å². The molecule has 1 aliphatic rings. The topological polar surface area (TPSA) is 23.5 Å². The van der Waals surface area contributed by atoms with Gasteiger partial charge in [-0.15, -0.1) is 0 Å². The van der Waals surface area contributed by atoms with Gasteiger partial charge in [0.05, 0.1) is 5.60 Å². The highest BCUT2D eigenvalue weighted by molar-refractivity contribution is 5.30. The van der Waals surface area contributed by atoms with E-state index in [1.54, 1.807) is 0 Å². The van der Waals surface area contributed by atoms with E-state index in [1.807, 2.05) is 19.9 Å². The average molecular weight is 275 g/mol. The van der Waals surface area contributed by atoms with Gasteiger partial charge in [-0.1, -0.05) is 24.3 Å². The van der Waals surface area contributed by atoms with Gasteiger partial charge in [0.1, 0.15) is 0 Å². The predicted octanol–water partition coefficient (Wildman–Crippen LogP) is 3.89. The van der Waals surface area contributed by atoms with Crippen molar-refractivity contribution in [3.05, 3.63) is 35.4 Å². The molecule has 1 aromatic carbocycles. The Kier molecular flexibility index (Phi) is 4.27. The Morgan fingerprint density at radius 2 is 1.65 bits per heavy atom. The van der Waals surface area contributed by atoms with Crippen molar-refractivity contribution in [2.24, 2.45) is 0 Å². The van der Waals surface area contributed by atoms with Crippen LogP contribution in [0, 0.1) is 0 Å². The summed E-state index contributed by atoms with van der Waals surface area (Å²) in [6.07, 6.45) is 2.43. The quantitative estimate of drug-likeness (QED) is 0.885. The molecule has 2 nitrogen and oxygen atoms in total. The molecule has 1 aromatic rings. The van der Waals surface area contributed by atoms with Gasteiger partial charge in [-0.25, -0.2) is 0 Å². The molecule has 2 rings (SSSR count). The molecule has 112 valence electrons. The average Bonchev–Trinajstić information content (AvgIpc) is 2.37. The molecule has 1 aliphatic heterocycles. The highest BCUT2D eigenvalue weighted by Crippen LogP contribution is 2.32. The summed E-state index contributed by atoms with van der Waals surface area (Å²) in [5.41, 5.74) is 1.94. The molecule has 20 heavy (non-hydrogen) atoms. The molecule has 1 saturated heterocycles. The van der Waals surface area contributed by atoms with Crippen LogP contribution >= 0.6 is 0 Å². The first-order valence-electron chi connectivity index (χ1n) is 7.76. The maximum Gasteiger partial charge on any atom is 0.0840 e. The fourth-order valence-electron chi connectivity index (χ4n) is 3.06. The zero-order valence-electron chi connectivity index (χ0n) is 13.6. The summed E-state index contributed by atoms with van der Waals surface area (Å²) in [5.74, 6) is 0.635. The van der Waals surface area contributed by atoms with Crippen molar-refractivity contribution in [2.45, 2.75) is 64.5 Å². The van der Waals surface area contributed by atoms with Crippen LogP contribution in [0.2, 0.25) is 0 Å². The Bertz CT molecular complexity index is 445. The van der Waals surface area contributed by atoms with Gasteiger partial charge in [-0.05, 0) is 77.6 Å². The zero-order chi connectivity index (χ0) is 15.0. The lowest BCUT2D eigenvalue weighted by Gasteiger charge is -2.41. The minimum atomic E-state index is -0.748. The van der Waals surface area contributed by atoms with Gasteiger partial charge in [-0.3, -0.25) is 4.90 Å². The summed E-state index contributed by atoms with van der Waals surface area (Å²) in [6.45, 7) is 12.9. The van der Waals surface area contributed by atoms with Crippen molar-refractivity contribution in [3.8, 4) is 0 Å². The van der Waals surface area contributed by atoms with Gasteiger partial charge >= 0.3 is 0 Å². The molecule has 2 heteroatoms. The van der Waals surface area contributed by atoms with Crippen LogP contribution in [0.25, 0.3) is 0 Å². The minimum Gasteiger partial charge on any atom is -0.386 e. The monoisotopic (exact) mass is 275 g/mol. The third kappa shape index (κ3) is 3.62. The number of aliphatic hydroxyl groups is 1. The maximum absolute atomic E-state index is 10.2. The summed E-state index contributed by atoms with van der Waals surface area (Å²) >= 11 is 0. The molecule has 0 amide bonds. The highest BCUT2D eigenvalue weighted by atomic mass is 16.3. The van der Waals surface area contributed by atoms with Crippen LogP contribution in [0.4, 0.5) is 0 Å². The highest BCUT2D eigenvalue weighted by Gasteiger charge is 2.28. The maximum atomic E-state index is 10.2. The van der Waals surface area contributed by atoms with Crippen molar-refractivity contribution >= 4 is 0 Å². The normalized spacial score (nSPS) is 19.3. The van der Waals surface area contributed by atoms with Crippen LogP contribution in [0.3, 0.4) is 0 Å². The zero-order valence-corrected chi connectivity index (χ0v) is 13.6. The largest absolute Gasteiger partial charge is 0.386 e. The van der Waals surface area contributed by atoms with E-state index in [2.05, 4.69) is 43.9 Å². The molecular weight excluding hydrogens is 246 g/mol. The van der Waals surface area contributed by atoms with E-state index in [4.69, 9.17) is 0 Å². The summed E-state index contributed by atoms with van der Waals surface area (Å²) in [6, 6.07) is 8.51. The Morgan fingerprint density at radius 3 is 2.15 bits per heavy atom. The fraction of sp³-hybridized carbons (Fsp3) is 0.667. The second-order valence-electron chi connectivity index (χ2n) is 7.62. The Hall–Kier alpha value is -0.860. The Labute approximate surface area is 123 Å². The minimum absolute atomic E-state index is 0.278. The van der Waals surface area contributed by atoms with Crippen molar-refractivity contribution in [3.63, 3.8) is 0 Å². The molecule has 0 spiro atoms. The molecule has 0 radical (unpaired) electrons. The van der Waals surface area contributed by atoms with Gasteiger partial charge < -0.3 is 5.11 Å². The summed E-state index contributed by atoms with van der Waals surface area (Å²) in [4.78, 5) is 2.57. The van der Waals surface area contributed by atoms with Gasteiger partial charge in [0.2, 0.25) is 0 Å². The van der Waals surface area contributed by atoms with E-state index in [0.29, 0.717) is 5.92 Å². The summed E-state index contributed by atoms with van der Waals surface area (Å²) in [5, 5.41) is 10.2. The lowest BCUT2D eigenvalue weighted by atomic mass is 9.85.